The Morgan fingerprint density at radius 3 is 2.53 bits per heavy atom. The van der Waals surface area contributed by atoms with Crippen LogP contribution in [0.15, 0.2) is 6.07 Å². The van der Waals surface area contributed by atoms with Crippen LogP contribution in [0.2, 0.25) is 5.15 Å². The summed E-state index contributed by atoms with van der Waals surface area (Å²) >= 11 is 5.87. The van der Waals surface area contributed by atoms with Crippen molar-refractivity contribution in [3.05, 3.63) is 28.0 Å². The van der Waals surface area contributed by atoms with Crippen LogP contribution < -0.4 is 5.32 Å². The molecular formula is C11H17ClN2O. The molecule has 1 amide bonds. The van der Waals surface area contributed by atoms with Crippen LogP contribution in [0.4, 0.5) is 0 Å². The van der Waals surface area contributed by atoms with Crippen LogP contribution >= 0.6 is 11.6 Å². The number of halogens is 1. The fourth-order valence-corrected chi connectivity index (χ4v) is 1.26. The van der Waals surface area contributed by atoms with Crippen LogP contribution in [0.3, 0.4) is 0 Å². The van der Waals surface area contributed by atoms with Gasteiger partial charge in [-0.2, -0.15) is 0 Å². The number of pyridine rings is 1. The lowest BCUT2D eigenvalue weighted by Gasteiger charge is -2.05. The summed E-state index contributed by atoms with van der Waals surface area (Å²) in [6.45, 7) is 8.30. The van der Waals surface area contributed by atoms with Gasteiger partial charge in [-0.25, -0.2) is 4.98 Å². The van der Waals surface area contributed by atoms with Crippen molar-refractivity contribution in [1.82, 2.24) is 10.3 Å². The summed E-state index contributed by atoms with van der Waals surface area (Å²) in [4.78, 5) is 14.2. The van der Waals surface area contributed by atoms with Gasteiger partial charge in [-0.15, -0.1) is 0 Å². The Bertz CT molecular complexity index is 303. The molecule has 0 aliphatic carbocycles. The van der Waals surface area contributed by atoms with Gasteiger partial charge >= 0.3 is 0 Å². The van der Waals surface area contributed by atoms with Gasteiger partial charge < -0.3 is 5.32 Å². The Balaban J connectivity index is 0.000000921. The smallest absolute Gasteiger partial charge is 0.207 e. The maximum absolute atomic E-state index is 10.0. The van der Waals surface area contributed by atoms with Gasteiger partial charge in [0, 0.05) is 0 Å². The maximum atomic E-state index is 10.0. The molecule has 1 heterocycles. The summed E-state index contributed by atoms with van der Waals surface area (Å²) < 4.78 is 0. The Morgan fingerprint density at radius 2 is 2.07 bits per heavy atom. The third-order valence-electron chi connectivity index (χ3n) is 1.89. The topological polar surface area (TPSA) is 42.0 Å². The molecule has 0 unspecified atom stereocenters. The lowest BCUT2D eigenvalue weighted by Crippen LogP contribution is -2.11. The van der Waals surface area contributed by atoms with E-state index in [4.69, 9.17) is 11.6 Å². The predicted molar refractivity (Wildman–Crippen MR) is 63.0 cm³/mol. The summed E-state index contributed by atoms with van der Waals surface area (Å²) in [5.41, 5.74) is 2.85. The van der Waals surface area contributed by atoms with E-state index in [-0.39, 0.29) is 0 Å². The molecule has 0 saturated carbocycles. The molecule has 1 aromatic rings. The zero-order chi connectivity index (χ0) is 11.8. The molecule has 0 aromatic carbocycles. The molecule has 84 valence electrons. The number of nitrogens with zero attached hydrogens (tertiary/aromatic N) is 1. The van der Waals surface area contributed by atoms with E-state index in [0.717, 1.165) is 16.8 Å². The van der Waals surface area contributed by atoms with Crippen LogP contribution in [-0.4, -0.2) is 11.4 Å². The second-order valence-electron chi connectivity index (χ2n) is 2.85. The lowest BCUT2D eigenvalue weighted by molar-refractivity contribution is -0.109. The summed E-state index contributed by atoms with van der Waals surface area (Å²) in [5.74, 6) is 0. The number of carbonyl (C=O) groups excluding carboxylic acids is 1. The first kappa shape index (κ1) is 13.9. The van der Waals surface area contributed by atoms with Crippen LogP contribution in [0.25, 0.3) is 0 Å². The highest BCUT2D eigenvalue weighted by Gasteiger charge is 2.03. The summed E-state index contributed by atoms with van der Waals surface area (Å²) in [5, 5.41) is 3.04. The Morgan fingerprint density at radius 1 is 1.47 bits per heavy atom. The predicted octanol–water partition coefficient (Wildman–Crippen LogP) is 2.62. The van der Waals surface area contributed by atoms with Crippen molar-refractivity contribution in [2.45, 2.75) is 34.2 Å². The number of amides is 1. The van der Waals surface area contributed by atoms with Crippen molar-refractivity contribution in [2.24, 2.45) is 0 Å². The minimum Gasteiger partial charge on any atom is -0.353 e. The zero-order valence-corrected chi connectivity index (χ0v) is 10.4. The Kier molecular flexibility index (Phi) is 6.71. The van der Waals surface area contributed by atoms with E-state index in [1.165, 1.54) is 0 Å². The average Bonchev–Trinajstić information content (AvgIpc) is 2.25. The third kappa shape index (κ3) is 4.30. The largest absolute Gasteiger partial charge is 0.353 e. The number of carbonyl (C=O) groups is 1. The molecule has 3 nitrogen and oxygen atoms in total. The first-order valence-electron chi connectivity index (χ1n) is 4.95. The standard InChI is InChI=1S/C9H11ClN2O.C2H6/c1-6-3-8(4-11-5-13)12-9(10)7(6)2;1-2/h3,5H,4H2,1-2H3,(H,11,13);1-2H3. The monoisotopic (exact) mass is 228 g/mol. The zero-order valence-electron chi connectivity index (χ0n) is 9.60. The highest BCUT2D eigenvalue weighted by molar-refractivity contribution is 6.30. The van der Waals surface area contributed by atoms with Gasteiger partial charge in [0.05, 0.1) is 12.2 Å². The first-order chi connectivity index (χ1) is 7.15. The van der Waals surface area contributed by atoms with Gasteiger partial charge in [-0.3, -0.25) is 4.79 Å². The number of aromatic nitrogens is 1. The summed E-state index contributed by atoms with van der Waals surface area (Å²) in [6.07, 6.45) is 0.644. The van der Waals surface area contributed by atoms with Crippen molar-refractivity contribution >= 4 is 18.0 Å². The first-order valence-corrected chi connectivity index (χ1v) is 5.32. The fourth-order valence-electron chi connectivity index (χ4n) is 1.000. The minimum atomic E-state index is 0.421. The van der Waals surface area contributed by atoms with Gasteiger partial charge in [-0.05, 0) is 31.0 Å². The molecule has 0 atom stereocenters. The van der Waals surface area contributed by atoms with E-state index in [1.54, 1.807) is 0 Å². The number of hydrogen-bond donors (Lipinski definition) is 1. The highest BCUT2D eigenvalue weighted by Crippen LogP contribution is 2.16. The van der Waals surface area contributed by atoms with Crippen LogP contribution in [0.5, 0.6) is 0 Å². The highest BCUT2D eigenvalue weighted by atomic mass is 35.5. The molecule has 1 N–H and O–H groups in total. The van der Waals surface area contributed by atoms with Crippen LogP contribution in [0.1, 0.15) is 30.7 Å². The van der Waals surface area contributed by atoms with Crippen LogP contribution in [0, 0.1) is 13.8 Å². The van der Waals surface area contributed by atoms with E-state index in [0.29, 0.717) is 18.1 Å². The van der Waals surface area contributed by atoms with Crippen molar-refractivity contribution < 1.29 is 4.79 Å². The molecule has 0 bridgehead atoms. The van der Waals surface area contributed by atoms with Gasteiger partial charge in [-0.1, -0.05) is 25.4 Å². The van der Waals surface area contributed by atoms with Crippen LogP contribution in [-0.2, 0) is 11.3 Å². The van der Waals surface area contributed by atoms with Crippen molar-refractivity contribution in [1.29, 1.82) is 0 Å². The third-order valence-corrected chi connectivity index (χ3v) is 2.26. The number of hydrogen-bond acceptors (Lipinski definition) is 2. The van der Waals surface area contributed by atoms with E-state index >= 15 is 0 Å². The second kappa shape index (κ2) is 7.23. The number of nitrogens with one attached hydrogen (secondary N) is 1. The summed E-state index contributed by atoms with van der Waals surface area (Å²) in [6, 6.07) is 1.91. The van der Waals surface area contributed by atoms with Gasteiger partial charge in [0.15, 0.2) is 0 Å². The lowest BCUT2D eigenvalue weighted by atomic mass is 10.1. The normalized spacial score (nSPS) is 8.87. The molecule has 0 aliphatic rings. The van der Waals surface area contributed by atoms with Gasteiger partial charge in [0.25, 0.3) is 0 Å². The molecule has 0 spiro atoms. The van der Waals surface area contributed by atoms with E-state index in [1.807, 2.05) is 33.8 Å². The van der Waals surface area contributed by atoms with Gasteiger partial charge in [0.1, 0.15) is 5.15 Å². The van der Waals surface area contributed by atoms with Crippen molar-refractivity contribution in [3.63, 3.8) is 0 Å². The van der Waals surface area contributed by atoms with Crippen molar-refractivity contribution in [3.8, 4) is 0 Å². The quantitative estimate of drug-likeness (QED) is 0.638. The maximum Gasteiger partial charge on any atom is 0.207 e. The molecule has 4 heteroatoms. The average molecular weight is 229 g/mol. The van der Waals surface area contributed by atoms with E-state index in [9.17, 15) is 4.79 Å². The molecule has 1 aromatic heterocycles. The summed E-state index contributed by atoms with van der Waals surface area (Å²) in [7, 11) is 0. The Hall–Kier alpha value is -1.09. The molecule has 0 fully saturated rings. The molecule has 0 aliphatic heterocycles. The molecule has 1 rings (SSSR count). The SMILES string of the molecule is CC.Cc1cc(CNC=O)nc(Cl)c1C. The Labute approximate surface area is 95.9 Å². The number of aryl methyl sites for hydroxylation is 1. The van der Waals surface area contributed by atoms with Crippen molar-refractivity contribution in [2.75, 3.05) is 0 Å². The molecule has 15 heavy (non-hydrogen) atoms. The van der Waals surface area contributed by atoms with E-state index in [2.05, 4.69) is 10.3 Å². The van der Waals surface area contributed by atoms with Gasteiger partial charge in [0.2, 0.25) is 6.41 Å². The fraction of sp³-hybridized carbons (Fsp3) is 0.455. The number of rotatable bonds is 3. The minimum absolute atomic E-state index is 0.421. The molecule has 0 radical (unpaired) electrons. The molecule has 0 saturated heterocycles. The second-order valence-corrected chi connectivity index (χ2v) is 3.20. The molecular weight excluding hydrogens is 212 g/mol. The van der Waals surface area contributed by atoms with E-state index < -0.39 is 0 Å².